The Morgan fingerprint density at radius 3 is 2.89 bits per heavy atom. The van der Waals surface area contributed by atoms with Gasteiger partial charge < -0.3 is 14.2 Å². The van der Waals surface area contributed by atoms with Gasteiger partial charge in [-0.1, -0.05) is 17.7 Å². The molecule has 2 aromatic carbocycles. The molecule has 0 saturated heterocycles. The smallest absolute Gasteiger partial charge is 0.248 e. The summed E-state index contributed by atoms with van der Waals surface area (Å²) in [4.78, 5) is 16.7. The predicted octanol–water partition coefficient (Wildman–Crippen LogP) is 5.70. The summed E-state index contributed by atoms with van der Waals surface area (Å²) < 4.78 is 11.0. The minimum atomic E-state index is -0.254. The third-order valence-corrected chi connectivity index (χ3v) is 4.35. The van der Waals surface area contributed by atoms with Crippen molar-refractivity contribution in [1.82, 2.24) is 4.98 Å². The number of carbonyl (C=O) groups is 1. The minimum Gasteiger partial charge on any atom is -0.465 e. The van der Waals surface area contributed by atoms with Gasteiger partial charge in [-0.15, -0.1) is 0 Å². The number of hydrogen-bond acceptors (Lipinski definition) is 4. The van der Waals surface area contributed by atoms with E-state index < -0.39 is 0 Å². The fourth-order valence-electron chi connectivity index (χ4n) is 2.74. The van der Waals surface area contributed by atoms with E-state index in [4.69, 9.17) is 20.4 Å². The highest BCUT2D eigenvalue weighted by Crippen LogP contribution is 2.31. The Balaban J connectivity index is 1.61. The third kappa shape index (κ3) is 3.64. The topological polar surface area (TPSA) is 68.3 Å². The monoisotopic (exact) mass is 378 g/mol. The van der Waals surface area contributed by atoms with E-state index in [0.717, 1.165) is 11.1 Å². The van der Waals surface area contributed by atoms with Crippen molar-refractivity contribution in [2.45, 2.75) is 6.92 Å². The molecule has 27 heavy (non-hydrogen) atoms. The van der Waals surface area contributed by atoms with Crippen molar-refractivity contribution in [1.29, 1.82) is 0 Å². The SMILES string of the molecule is Cc1c(NC(=O)/C=C/c2ccco2)cccc1-c1nc2cc(Cl)ccc2o1. The van der Waals surface area contributed by atoms with Crippen molar-refractivity contribution in [2.24, 2.45) is 0 Å². The number of fused-ring (bicyclic) bond motifs is 1. The van der Waals surface area contributed by atoms with Crippen molar-refractivity contribution < 1.29 is 13.6 Å². The molecule has 2 heterocycles. The van der Waals surface area contributed by atoms with E-state index in [1.807, 2.05) is 25.1 Å². The first-order valence-electron chi connectivity index (χ1n) is 8.29. The molecule has 6 heteroatoms. The van der Waals surface area contributed by atoms with Crippen LogP contribution in [0.1, 0.15) is 11.3 Å². The van der Waals surface area contributed by atoms with Gasteiger partial charge in [0.2, 0.25) is 11.8 Å². The van der Waals surface area contributed by atoms with Crippen LogP contribution in [0.4, 0.5) is 5.69 Å². The predicted molar refractivity (Wildman–Crippen MR) is 106 cm³/mol. The number of hydrogen-bond donors (Lipinski definition) is 1. The van der Waals surface area contributed by atoms with Crippen molar-refractivity contribution in [2.75, 3.05) is 5.32 Å². The number of oxazole rings is 1. The van der Waals surface area contributed by atoms with E-state index in [0.29, 0.717) is 33.5 Å². The molecule has 0 spiro atoms. The van der Waals surface area contributed by atoms with E-state index in [9.17, 15) is 4.79 Å². The highest BCUT2D eigenvalue weighted by molar-refractivity contribution is 6.31. The maximum atomic E-state index is 12.2. The van der Waals surface area contributed by atoms with Crippen molar-refractivity contribution in [3.05, 3.63) is 77.2 Å². The summed E-state index contributed by atoms with van der Waals surface area (Å²) in [5.41, 5.74) is 3.68. The van der Waals surface area contributed by atoms with Crippen LogP contribution in [0.2, 0.25) is 5.02 Å². The molecule has 2 aromatic heterocycles. The van der Waals surface area contributed by atoms with Crippen LogP contribution >= 0.6 is 11.6 Å². The number of halogens is 1. The quantitative estimate of drug-likeness (QED) is 0.462. The van der Waals surface area contributed by atoms with Crippen LogP contribution in [0.15, 0.2) is 69.7 Å². The Kier molecular flexibility index (Phi) is 4.52. The molecule has 0 fully saturated rings. The lowest BCUT2D eigenvalue weighted by molar-refractivity contribution is -0.111. The second-order valence-electron chi connectivity index (χ2n) is 5.95. The summed E-state index contributed by atoms with van der Waals surface area (Å²) in [5, 5.41) is 3.47. The summed E-state index contributed by atoms with van der Waals surface area (Å²) >= 11 is 6.01. The molecule has 0 radical (unpaired) electrons. The van der Waals surface area contributed by atoms with Crippen molar-refractivity contribution in [3.8, 4) is 11.5 Å². The highest BCUT2D eigenvalue weighted by Gasteiger charge is 2.13. The van der Waals surface area contributed by atoms with Gasteiger partial charge in [0.05, 0.1) is 6.26 Å². The molecule has 5 nitrogen and oxygen atoms in total. The van der Waals surface area contributed by atoms with Crippen molar-refractivity contribution >= 4 is 40.4 Å². The fraction of sp³-hybridized carbons (Fsp3) is 0.0476. The largest absolute Gasteiger partial charge is 0.465 e. The molecular formula is C21H15ClN2O3. The van der Waals surface area contributed by atoms with E-state index in [-0.39, 0.29) is 5.91 Å². The Hall–Kier alpha value is -3.31. The molecule has 4 aromatic rings. The Morgan fingerprint density at radius 2 is 2.07 bits per heavy atom. The van der Waals surface area contributed by atoms with Gasteiger partial charge in [-0.25, -0.2) is 4.98 Å². The number of carbonyl (C=O) groups excluding carboxylic acids is 1. The first-order chi connectivity index (χ1) is 13.1. The first kappa shape index (κ1) is 17.1. The van der Waals surface area contributed by atoms with E-state index >= 15 is 0 Å². The zero-order valence-corrected chi connectivity index (χ0v) is 15.2. The zero-order valence-electron chi connectivity index (χ0n) is 14.4. The van der Waals surface area contributed by atoms with Gasteiger partial charge in [0.25, 0.3) is 0 Å². The summed E-state index contributed by atoms with van der Waals surface area (Å²) in [6, 6.07) is 14.4. The van der Waals surface area contributed by atoms with Gasteiger partial charge in [0.1, 0.15) is 11.3 Å². The van der Waals surface area contributed by atoms with E-state index in [2.05, 4.69) is 10.3 Å². The van der Waals surface area contributed by atoms with Gasteiger partial charge in [0.15, 0.2) is 5.58 Å². The maximum absolute atomic E-state index is 12.2. The van der Waals surface area contributed by atoms with Crippen molar-refractivity contribution in [3.63, 3.8) is 0 Å². The molecule has 0 aliphatic carbocycles. The molecule has 0 aliphatic rings. The summed E-state index contributed by atoms with van der Waals surface area (Å²) in [7, 11) is 0. The third-order valence-electron chi connectivity index (χ3n) is 4.11. The zero-order chi connectivity index (χ0) is 18.8. The number of nitrogens with one attached hydrogen (secondary N) is 1. The molecular weight excluding hydrogens is 364 g/mol. The number of nitrogens with zero attached hydrogens (tertiary/aromatic N) is 1. The number of amides is 1. The van der Waals surface area contributed by atoms with Crippen LogP contribution in [0.25, 0.3) is 28.6 Å². The second kappa shape index (κ2) is 7.13. The lowest BCUT2D eigenvalue weighted by atomic mass is 10.1. The molecule has 0 aliphatic heterocycles. The van der Waals surface area contributed by atoms with Crippen LogP contribution in [0.3, 0.4) is 0 Å². The number of furan rings is 1. The lowest BCUT2D eigenvalue weighted by Gasteiger charge is -2.09. The van der Waals surface area contributed by atoms with E-state index in [1.165, 1.54) is 6.08 Å². The Morgan fingerprint density at radius 1 is 1.19 bits per heavy atom. The molecule has 1 N–H and O–H groups in total. The van der Waals surface area contributed by atoms with Crippen LogP contribution in [0, 0.1) is 6.92 Å². The summed E-state index contributed by atoms with van der Waals surface area (Å²) in [6.07, 6.45) is 4.59. The van der Waals surface area contributed by atoms with Crippen LogP contribution in [-0.2, 0) is 4.79 Å². The molecule has 0 unspecified atom stereocenters. The first-order valence-corrected chi connectivity index (χ1v) is 8.66. The van der Waals surface area contributed by atoms with Gasteiger partial charge in [-0.3, -0.25) is 4.79 Å². The van der Waals surface area contributed by atoms with Crippen LogP contribution in [-0.4, -0.2) is 10.9 Å². The number of anilines is 1. The van der Waals surface area contributed by atoms with Gasteiger partial charge >= 0.3 is 0 Å². The Bertz CT molecular complexity index is 1140. The van der Waals surface area contributed by atoms with Gasteiger partial charge in [-0.05, 0) is 61.0 Å². The number of benzene rings is 2. The van der Waals surface area contributed by atoms with Crippen LogP contribution in [0.5, 0.6) is 0 Å². The molecule has 0 bridgehead atoms. The van der Waals surface area contributed by atoms with Crippen LogP contribution < -0.4 is 5.32 Å². The molecule has 0 saturated carbocycles. The van der Waals surface area contributed by atoms with Gasteiger partial charge in [0, 0.05) is 22.3 Å². The normalized spacial score (nSPS) is 11.3. The Labute approximate surface area is 160 Å². The lowest BCUT2D eigenvalue weighted by Crippen LogP contribution is -2.09. The molecule has 4 rings (SSSR count). The molecule has 1 amide bonds. The van der Waals surface area contributed by atoms with Gasteiger partial charge in [-0.2, -0.15) is 0 Å². The highest BCUT2D eigenvalue weighted by atomic mass is 35.5. The minimum absolute atomic E-state index is 0.254. The average Bonchev–Trinajstić information content (AvgIpc) is 3.30. The number of rotatable bonds is 4. The standard InChI is InChI=1S/C21H15ClN2O3/c1-13-16(21-24-18-12-14(22)7-9-19(18)27-21)5-2-6-17(13)23-20(25)10-8-15-4-3-11-26-15/h2-12H,1H3,(H,23,25)/b10-8+. The average molecular weight is 379 g/mol. The maximum Gasteiger partial charge on any atom is 0.248 e. The fourth-order valence-corrected chi connectivity index (χ4v) is 2.90. The second-order valence-corrected chi connectivity index (χ2v) is 6.38. The molecule has 134 valence electrons. The summed E-state index contributed by atoms with van der Waals surface area (Å²) in [5.74, 6) is 0.837. The molecule has 0 atom stereocenters. The number of aromatic nitrogens is 1. The summed E-state index contributed by atoms with van der Waals surface area (Å²) in [6.45, 7) is 1.91. The van der Waals surface area contributed by atoms with E-state index in [1.54, 1.807) is 42.7 Å².